The van der Waals surface area contributed by atoms with Gasteiger partial charge in [0.25, 0.3) is 0 Å². The minimum absolute atomic E-state index is 0.716. The Labute approximate surface area is 104 Å². The highest BCUT2D eigenvalue weighted by atomic mass is 32.2. The van der Waals surface area contributed by atoms with Gasteiger partial charge in [-0.3, -0.25) is 0 Å². The van der Waals surface area contributed by atoms with E-state index in [0.717, 1.165) is 42.2 Å². The molecule has 16 heavy (non-hydrogen) atoms. The van der Waals surface area contributed by atoms with Gasteiger partial charge >= 0.3 is 0 Å². The molecule has 2 heterocycles. The molecule has 4 nitrogen and oxygen atoms in total. The number of rotatable bonds is 6. The maximum Gasteiger partial charge on any atom is 0.170 e. The lowest BCUT2D eigenvalue weighted by Gasteiger charge is -2.08. The van der Waals surface area contributed by atoms with Crippen molar-refractivity contribution < 1.29 is 4.74 Å². The van der Waals surface area contributed by atoms with Crippen LogP contribution in [0.1, 0.15) is 12.2 Å². The second kappa shape index (κ2) is 6.54. The molecule has 1 aromatic rings. The fourth-order valence-corrected chi connectivity index (χ4v) is 3.21. The highest BCUT2D eigenvalue weighted by molar-refractivity contribution is 8.00. The first-order valence-corrected chi connectivity index (χ1v) is 7.32. The summed E-state index contributed by atoms with van der Waals surface area (Å²) in [5.74, 6) is 2.65. The van der Waals surface area contributed by atoms with E-state index in [0.29, 0.717) is 5.92 Å². The molecule has 1 atom stereocenters. The van der Waals surface area contributed by atoms with E-state index in [1.807, 2.05) is 6.92 Å². The van der Waals surface area contributed by atoms with Crippen molar-refractivity contribution in [1.82, 2.24) is 14.7 Å². The van der Waals surface area contributed by atoms with Crippen LogP contribution in [-0.4, -0.2) is 41.4 Å². The average Bonchev–Trinajstić information content (AvgIpc) is 2.89. The van der Waals surface area contributed by atoms with Crippen LogP contribution in [0.15, 0.2) is 4.34 Å². The van der Waals surface area contributed by atoms with Crippen molar-refractivity contribution in [2.75, 3.05) is 32.1 Å². The topological polar surface area (TPSA) is 47.0 Å². The van der Waals surface area contributed by atoms with Crippen molar-refractivity contribution >= 4 is 23.3 Å². The van der Waals surface area contributed by atoms with Gasteiger partial charge in [-0.05, 0) is 30.8 Å². The molecule has 1 N–H and O–H groups in total. The number of aryl methyl sites for hydroxylation is 1. The molecule has 1 fully saturated rings. The van der Waals surface area contributed by atoms with Gasteiger partial charge in [0, 0.05) is 25.4 Å². The molecule has 1 unspecified atom stereocenters. The first-order chi connectivity index (χ1) is 7.84. The zero-order valence-electron chi connectivity index (χ0n) is 9.44. The van der Waals surface area contributed by atoms with Crippen molar-refractivity contribution in [3.8, 4) is 0 Å². The highest BCUT2D eigenvalue weighted by Gasteiger charge is 2.14. The molecule has 0 aliphatic carbocycles. The van der Waals surface area contributed by atoms with Crippen LogP contribution >= 0.6 is 23.3 Å². The van der Waals surface area contributed by atoms with Crippen LogP contribution in [0.25, 0.3) is 0 Å². The molecule has 0 bridgehead atoms. The Hall–Kier alpha value is -0.170. The predicted molar refractivity (Wildman–Crippen MR) is 67.2 cm³/mol. The van der Waals surface area contributed by atoms with Crippen LogP contribution in [0.3, 0.4) is 0 Å². The third kappa shape index (κ3) is 4.01. The maximum absolute atomic E-state index is 5.32. The predicted octanol–water partition coefficient (Wildman–Crippen LogP) is 1.56. The summed E-state index contributed by atoms with van der Waals surface area (Å²) in [6, 6.07) is 0. The van der Waals surface area contributed by atoms with Gasteiger partial charge in [0.1, 0.15) is 5.82 Å². The van der Waals surface area contributed by atoms with E-state index < -0.39 is 0 Å². The van der Waals surface area contributed by atoms with Crippen molar-refractivity contribution in [2.45, 2.75) is 17.7 Å². The summed E-state index contributed by atoms with van der Waals surface area (Å²) in [4.78, 5) is 4.31. The molecule has 1 saturated heterocycles. The molecule has 0 saturated carbocycles. The Bertz CT molecular complexity index is 313. The highest BCUT2D eigenvalue weighted by Crippen LogP contribution is 2.19. The van der Waals surface area contributed by atoms with Crippen LogP contribution in [-0.2, 0) is 4.74 Å². The second-order valence-electron chi connectivity index (χ2n) is 3.89. The zero-order chi connectivity index (χ0) is 11.2. The normalized spacial score (nSPS) is 20.4. The standard InChI is InChI=1S/C10H17N3OS2/c1-8-12-10(16-13-8)15-5-3-11-6-9-2-4-14-7-9/h9,11H,2-7H2,1H3. The second-order valence-corrected chi connectivity index (χ2v) is 5.98. The first kappa shape index (κ1) is 12.3. The van der Waals surface area contributed by atoms with Gasteiger partial charge in [0.15, 0.2) is 4.34 Å². The number of hydrogen-bond donors (Lipinski definition) is 1. The third-order valence-corrected chi connectivity index (χ3v) is 4.40. The minimum Gasteiger partial charge on any atom is -0.381 e. The lowest BCUT2D eigenvalue weighted by molar-refractivity contribution is 0.185. The van der Waals surface area contributed by atoms with E-state index in [4.69, 9.17) is 4.74 Å². The fraction of sp³-hybridized carbons (Fsp3) is 0.800. The lowest BCUT2D eigenvalue weighted by atomic mass is 10.1. The van der Waals surface area contributed by atoms with E-state index in [9.17, 15) is 0 Å². The van der Waals surface area contributed by atoms with Gasteiger partial charge in [-0.1, -0.05) is 11.8 Å². The van der Waals surface area contributed by atoms with Crippen LogP contribution in [0, 0.1) is 12.8 Å². The first-order valence-electron chi connectivity index (χ1n) is 5.56. The smallest absolute Gasteiger partial charge is 0.170 e. The van der Waals surface area contributed by atoms with E-state index in [2.05, 4.69) is 14.7 Å². The number of hydrogen-bond acceptors (Lipinski definition) is 6. The molecule has 0 aromatic carbocycles. The van der Waals surface area contributed by atoms with Gasteiger partial charge in [-0.25, -0.2) is 4.98 Å². The molecule has 2 rings (SSSR count). The zero-order valence-corrected chi connectivity index (χ0v) is 11.1. The van der Waals surface area contributed by atoms with Crippen LogP contribution in [0.2, 0.25) is 0 Å². The number of nitrogens with zero attached hydrogens (tertiary/aromatic N) is 2. The van der Waals surface area contributed by atoms with E-state index in [1.54, 1.807) is 11.8 Å². The molecule has 90 valence electrons. The molecule has 0 spiro atoms. The minimum atomic E-state index is 0.716. The van der Waals surface area contributed by atoms with Gasteiger partial charge in [-0.15, -0.1) is 0 Å². The summed E-state index contributed by atoms with van der Waals surface area (Å²) in [5, 5.41) is 3.46. The van der Waals surface area contributed by atoms with Crippen molar-refractivity contribution in [3.05, 3.63) is 5.82 Å². The molecular weight excluding hydrogens is 242 g/mol. The van der Waals surface area contributed by atoms with Gasteiger partial charge in [0.05, 0.1) is 6.61 Å². The van der Waals surface area contributed by atoms with Crippen molar-refractivity contribution in [3.63, 3.8) is 0 Å². The Morgan fingerprint density at radius 3 is 3.25 bits per heavy atom. The van der Waals surface area contributed by atoms with Crippen molar-refractivity contribution in [2.24, 2.45) is 5.92 Å². The average molecular weight is 259 g/mol. The monoisotopic (exact) mass is 259 g/mol. The molecule has 1 aliphatic rings. The SMILES string of the molecule is Cc1nsc(SCCNCC2CCOC2)n1. The summed E-state index contributed by atoms with van der Waals surface area (Å²) in [6.07, 6.45) is 1.20. The summed E-state index contributed by atoms with van der Waals surface area (Å²) < 4.78 is 10.5. The molecule has 0 radical (unpaired) electrons. The lowest BCUT2D eigenvalue weighted by Crippen LogP contribution is -2.25. The molecule has 1 aromatic heterocycles. The quantitative estimate of drug-likeness (QED) is 0.620. The Morgan fingerprint density at radius 2 is 2.56 bits per heavy atom. The Kier molecular flexibility index (Phi) is 5.02. The summed E-state index contributed by atoms with van der Waals surface area (Å²) in [6.45, 7) is 5.90. The largest absolute Gasteiger partial charge is 0.381 e. The fourth-order valence-electron chi connectivity index (χ4n) is 1.60. The summed E-state index contributed by atoms with van der Waals surface area (Å²) >= 11 is 3.26. The van der Waals surface area contributed by atoms with E-state index in [-0.39, 0.29) is 0 Å². The molecular formula is C10H17N3OS2. The molecule has 1 aliphatic heterocycles. The van der Waals surface area contributed by atoms with Crippen molar-refractivity contribution in [1.29, 1.82) is 0 Å². The molecule has 0 amide bonds. The number of thioether (sulfide) groups is 1. The van der Waals surface area contributed by atoms with Crippen LogP contribution in [0.5, 0.6) is 0 Å². The summed E-state index contributed by atoms with van der Waals surface area (Å²) in [5.41, 5.74) is 0. The number of aromatic nitrogens is 2. The van der Waals surface area contributed by atoms with E-state index in [1.165, 1.54) is 18.0 Å². The van der Waals surface area contributed by atoms with Gasteiger partial charge < -0.3 is 10.1 Å². The van der Waals surface area contributed by atoms with Crippen LogP contribution in [0.4, 0.5) is 0 Å². The Balaban J connectivity index is 1.51. The maximum atomic E-state index is 5.32. The number of ether oxygens (including phenoxy) is 1. The molecule has 6 heteroatoms. The Morgan fingerprint density at radius 1 is 1.62 bits per heavy atom. The van der Waals surface area contributed by atoms with Crippen LogP contribution < -0.4 is 5.32 Å². The summed E-state index contributed by atoms with van der Waals surface area (Å²) in [7, 11) is 0. The van der Waals surface area contributed by atoms with E-state index >= 15 is 0 Å². The number of nitrogens with one attached hydrogen (secondary N) is 1. The third-order valence-electron chi connectivity index (χ3n) is 2.47. The van der Waals surface area contributed by atoms with Gasteiger partial charge in [-0.2, -0.15) is 4.37 Å². The van der Waals surface area contributed by atoms with Gasteiger partial charge in [0.2, 0.25) is 0 Å².